The SMILES string of the molecule is CCCc1nnc(N2CCC[C@@](CCC)(C(=O)O)C2)s1. The quantitative estimate of drug-likeness (QED) is 0.874. The van der Waals surface area contributed by atoms with Gasteiger partial charge < -0.3 is 10.0 Å². The fourth-order valence-corrected chi connectivity index (χ4v) is 3.91. The van der Waals surface area contributed by atoms with Gasteiger partial charge in [-0.15, -0.1) is 10.2 Å². The van der Waals surface area contributed by atoms with Gasteiger partial charge >= 0.3 is 5.97 Å². The molecule has 1 aromatic heterocycles. The number of carbonyl (C=O) groups is 1. The van der Waals surface area contributed by atoms with Gasteiger partial charge in [0.05, 0.1) is 5.41 Å². The number of piperidine rings is 1. The van der Waals surface area contributed by atoms with Crippen LogP contribution in [-0.2, 0) is 11.2 Å². The van der Waals surface area contributed by atoms with Crippen LogP contribution < -0.4 is 4.90 Å². The summed E-state index contributed by atoms with van der Waals surface area (Å²) < 4.78 is 0. The molecule has 1 fully saturated rings. The maximum atomic E-state index is 11.7. The number of aliphatic carboxylic acids is 1. The number of hydrogen-bond donors (Lipinski definition) is 1. The van der Waals surface area contributed by atoms with Crippen molar-refractivity contribution in [1.82, 2.24) is 10.2 Å². The molecule has 0 aliphatic carbocycles. The van der Waals surface area contributed by atoms with Crippen LogP contribution in [0.1, 0.15) is 51.0 Å². The summed E-state index contributed by atoms with van der Waals surface area (Å²) in [5, 5.41) is 20.0. The van der Waals surface area contributed by atoms with E-state index in [1.807, 2.05) is 6.92 Å². The molecule has 2 rings (SSSR count). The molecule has 1 aliphatic heterocycles. The number of rotatable bonds is 6. The maximum absolute atomic E-state index is 11.7. The Morgan fingerprint density at radius 3 is 2.85 bits per heavy atom. The minimum atomic E-state index is -0.664. The van der Waals surface area contributed by atoms with E-state index in [-0.39, 0.29) is 0 Å². The van der Waals surface area contributed by atoms with E-state index in [1.54, 1.807) is 11.3 Å². The number of aromatic nitrogens is 2. The number of hydrogen-bond acceptors (Lipinski definition) is 5. The van der Waals surface area contributed by atoms with E-state index in [4.69, 9.17) is 0 Å². The molecule has 1 atom stereocenters. The van der Waals surface area contributed by atoms with E-state index in [1.165, 1.54) is 0 Å². The fraction of sp³-hybridized carbons (Fsp3) is 0.786. The standard InChI is InChI=1S/C14H23N3O2S/c1-3-6-11-15-16-13(20-11)17-9-5-8-14(10-17,7-4-2)12(18)19/h3-10H2,1-2H3,(H,18,19)/t14-/m1/s1. The minimum Gasteiger partial charge on any atom is -0.481 e. The molecule has 112 valence electrons. The van der Waals surface area contributed by atoms with Crippen molar-refractivity contribution in [3.8, 4) is 0 Å². The number of carboxylic acids is 1. The van der Waals surface area contributed by atoms with E-state index in [9.17, 15) is 9.90 Å². The average Bonchev–Trinajstić information content (AvgIpc) is 2.88. The summed E-state index contributed by atoms with van der Waals surface area (Å²) in [5.74, 6) is -0.664. The normalized spacial score (nSPS) is 23.0. The Labute approximate surface area is 124 Å². The number of anilines is 1. The van der Waals surface area contributed by atoms with E-state index < -0.39 is 11.4 Å². The highest BCUT2D eigenvalue weighted by atomic mass is 32.1. The average molecular weight is 297 g/mol. The molecule has 1 aliphatic rings. The van der Waals surface area contributed by atoms with Gasteiger partial charge in [-0.05, 0) is 25.7 Å². The molecule has 6 heteroatoms. The van der Waals surface area contributed by atoms with Gasteiger partial charge in [0.25, 0.3) is 0 Å². The van der Waals surface area contributed by atoms with Gasteiger partial charge in [0, 0.05) is 19.5 Å². The van der Waals surface area contributed by atoms with E-state index >= 15 is 0 Å². The van der Waals surface area contributed by atoms with Gasteiger partial charge in [-0.3, -0.25) is 4.79 Å². The van der Waals surface area contributed by atoms with Crippen LogP contribution in [0.15, 0.2) is 0 Å². The third-order valence-electron chi connectivity index (χ3n) is 3.95. The number of nitrogens with zero attached hydrogens (tertiary/aromatic N) is 3. The Bertz CT molecular complexity index is 459. The predicted octanol–water partition coefficient (Wildman–Crippen LogP) is 2.96. The lowest BCUT2D eigenvalue weighted by Crippen LogP contribution is -2.48. The Balaban J connectivity index is 2.14. The Kier molecular flexibility index (Phi) is 4.96. The Morgan fingerprint density at radius 1 is 1.40 bits per heavy atom. The van der Waals surface area contributed by atoms with E-state index in [2.05, 4.69) is 22.0 Å². The third-order valence-corrected chi connectivity index (χ3v) is 4.99. The second-order valence-electron chi connectivity index (χ2n) is 5.59. The summed E-state index contributed by atoms with van der Waals surface area (Å²) in [7, 11) is 0. The second kappa shape index (κ2) is 6.52. The number of carboxylic acid groups (broad SMARTS) is 1. The molecule has 0 bridgehead atoms. The van der Waals surface area contributed by atoms with Gasteiger partial charge in [0.1, 0.15) is 5.01 Å². The van der Waals surface area contributed by atoms with Crippen LogP contribution in [0.2, 0.25) is 0 Å². The van der Waals surface area contributed by atoms with Gasteiger partial charge in [-0.25, -0.2) is 0 Å². The second-order valence-corrected chi connectivity index (χ2v) is 6.63. The van der Waals surface area contributed by atoms with Crippen LogP contribution in [0.25, 0.3) is 0 Å². The zero-order chi connectivity index (χ0) is 14.6. The predicted molar refractivity (Wildman–Crippen MR) is 80.3 cm³/mol. The van der Waals surface area contributed by atoms with Crippen LogP contribution >= 0.6 is 11.3 Å². The lowest BCUT2D eigenvalue weighted by molar-refractivity contribution is -0.150. The molecule has 0 unspecified atom stereocenters. The summed E-state index contributed by atoms with van der Waals surface area (Å²) in [6, 6.07) is 0. The van der Waals surface area contributed by atoms with Crippen LogP contribution in [0.4, 0.5) is 5.13 Å². The van der Waals surface area contributed by atoms with Crippen molar-refractivity contribution in [3.63, 3.8) is 0 Å². The van der Waals surface area contributed by atoms with Crippen molar-refractivity contribution in [2.75, 3.05) is 18.0 Å². The van der Waals surface area contributed by atoms with Gasteiger partial charge in [0.15, 0.2) is 0 Å². The van der Waals surface area contributed by atoms with Crippen molar-refractivity contribution in [2.24, 2.45) is 5.41 Å². The lowest BCUT2D eigenvalue weighted by atomic mass is 9.76. The van der Waals surface area contributed by atoms with Crippen LogP contribution in [0, 0.1) is 5.41 Å². The van der Waals surface area contributed by atoms with E-state index in [0.717, 1.165) is 55.2 Å². The molecule has 0 radical (unpaired) electrons. The molecule has 20 heavy (non-hydrogen) atoms. The van der Waals surface area contributed by atoms with Gasteiger partial charge in [-0.1, -0.05) is 31.6 Å². The monoisotopic (exact) mass is 297 g/mol. The van der Waals surface area contributed by atoms with Crippen molar-refractivity contribution < 1.29 is 9.90 Å². The lowest BCUT2D eigenvalue weighted by Gasteiger charge is -2.39. The van der Waals surface area contributed by atoms with Gasteiger partial charge in [0.2, 0.25) is 5.13 Å². The molecule has 1 N–H and O–H groups in total. The first kappa shape index (κ1) is 15.2. The van der Waals surface area contributed by atoms with Crippen molar-refractivity contribution >= 4 is 22.4 Å². The smallest absolute Gasteiger partial charge is 0.311 e. The molecule has 2 heterocycles. The molecule has 0 amide bonds. The molecule has 0 saturated carbocycles. The zero-order valence-corrected chi connectivity index (χ0v) is 13.1. The highest BCUT2D eigenvalue weighted by molar-refractivity contribution is 7.15. The van der Waals surface area contributed by atoms with Crippen molar-refractivity contribution in [1.29, 1.82) is 0 Å². The Hall–Kier alpha value is -1.17. The summed E-state index contributed by atoms with van der Waals surface area (Å²) in [4.78, 5) is 13.8. The maximum Gasteiger partial charge on any atom is 0.311 e. The third kappa shape index (κ3) is 3.11. The first-order valence-electron chi connectivity index (χ1n) is 7.42. The Morgan fingerprint density at radius 2 is 2.20 bits per heavy atom. The zero-order valence-electron chi connectivity index (χ0n) is 12.3. The minimum absolute atomic E-state index is 0.566. The largest absolute Gasteiger partial charge is 0.481 e. The number of aryl methyl sites for hydroxylation is 1. The molecule has 1 aromatic rings. The first-order chi connectivity index (χ1) is 9.61. The van der Waals surface area contributed by atoms with Crippen LogP contribution in [-0.4, -0.2) is 34.4 Å². The van der Waals surface area contributed by atoms with Crippen molar-refractivity contribution in [3.05, 3.63) is 5.01 Å². The first-order valence-corrected chi connectivity index (χ1v) is 8.23. The molecule has 1 saturated heterocycles. The summed E-state index contributed by atoms with van der Waals surface area (Å²) >= 11 is 1.61. The molecule has 0 spiro atoms. The van der Waals surface area contributed by atoms with Gasteiger partial charge in [-0.2, -0.15) is 0 Å². The molecule has 0 aromatic carbocycles. The van der Waals surface area contributed by atoms with Crippen LogP contribution in [0.5, 0.6) is 0 Å². The fourth-order valence-electron chi connectivity index (χ4n) is 2.95. The summed E-state index contributed by atoms with van der Waals surface area (Å²) in [6.45, 7) is 5.63. The van der Waals surface area contributed by atoms with Crippen molar-refractivity contribution in [2.45, 2.75) is 52.4 Å². The molecule has 5 nitrogen and oxygen atoms in total. The summed E-state index contributed by atoms with van der Waals surface area (Å²) in [5.41, 5.74) is -0.608. The topological polar surface area (TPSA) is 66.3 Å². The van der Waals surface area contributed by atoms with Crippen LogP contribution in [0.3, 0.4) is 0 Å². The summed E-state index contributed by atoms with van der Waals surface area (Å²) in [6.07, 6.45) is 5.33. The molecular formula is C14H23N3O2S. The molecular weight excluding hydrogens is 274 g/mol. The highest BCUT2D eigenvalue weighted by Gasteiger charge is 2.42. The highest BCUT2D eigenvalue weighted by Crippen LogP contribution is 2.37. The van der Waals surface area contributed by atoms with E-state index in [0.29, 0.717) is 6.54 Å².